The van der Waals surface area contributed by atoms with Crippen molar-refractivity contribution in [1.82, 2.24) is 4.57 Å². The van der Waals surface area contributed by atoms with E-state index in [9.17, 15) is 9.50 Å². The molecule has 1 fully saturated rings. The normalized spacial score (nSPS) is 23.9. The summed E-state index contributed by atoms with van der Waals surface area (Å²) in [6.07, 6.45) is 7.03. The van der Waals surface area contributed by atoms with Crippen LogP contribution >= 0.6 is 0 Å². The molecule has 3 heteroatoms. The Labute approximate surface area is 112 Å². The van der Waals surface area contributed by atoms with Crippen LogP contribution in [-0.2, 0) is 13.5 Å². The molecule has 2 aromatic rings. The molecule has 1 saturated carbocycles. The van der Waals surface area contributed by atoms with Gasteiger partial charge in [-0.2, -0.15) is 0 Å². The van der Waals surface area contributed by atoms with Crippen molar-refractivity contribution in [3.8, 4) is 0 Å². The lowest BCUT2D eigenvalue weighted by atomic mass is 9.82. The van der Waals surface area contributed by atoms with Gasteiger partial charge < -0.3 is 9.67 Å². The molecule has 0 radical (unpaired) electrons. The molecule has 0 saturated heterocycles. The van der Waals surface area contributed by atoms with Gasteiger partial charge in [0.2, 0.25) is 0 Å². The Bertz CT molecular complexity index is 590. The number of benzene rings is 1. The summed E-state index contributed by atoms with van der Waals surface area (Å²) in [6, 6.07) is 4.94. The number of halogens is 1. The predicted octanol–water partition coefficient (Wildman–Crippen LogP) is 3.41. The number of nitrogens with zero attached hydrogens (tertiary/aromatic N) is 1. The lowest BCUT2D eigenvalue weighted by molar-refractivity contribution is 0.0702. The Morgan fingerprint density at radius 3 is 2.89 bits per heavy atom. The van der Waals surface area contributed by atoms with Crippen LogP contribution < -0.4 is 0 Å². The zero-order valence-electron chi connectivity index (χ0n) is 11.3. The van der Waals surface area contributed by atoms with Crippen LogP contribution in [0.15, 0.2) is 24.4 Å². The molecule has 0 spiro atoms. The second-order valence-electron chi connectivity index (χ2n) is 5.74. The number of aliphatic hydroxyl groups excluding tert-OH is 1. The average Bonchev–Trinajstić information content (AvgIpc) is 2.69. The largest absolute Gasteiger partial charge is 0.393 e. The molecule has 0 aliphatic heterocycles. The van der Waals surface area contributed by atoms with Gasteiger partial charge in [0.15, 0.2) is 0 Å². The number of fused-ring (bicyclic) bond motifs is 1. The Kier molecular flexibility index (Phi) is 3.31. The summed E-state index contributed by atoms with van der Waals surface area (Å²) in [5, 5.41) is 11.1. The summed E-state index contributed by atoms with van der Waals surface area (Å²) in [6.45, 7) is 0. The topological polar surface area (TPSA) is 25.2 Å². The molecule has 2 unspecified atom stereocenters. The van der Waals surface area contributed by atoms with Crippen LogP contribution in [0.5, 0.6) is 0 Å². The van der Waals surface area contributed by atoms with Gasteiger partial charge >= 0.3 is 0 Å². The molecule has 2 nitrogen and oxygen atoms in total. The maximum absolute atomic E-state index is 13.4. The first-order valence-electron chi connectivity index (χ1n) is 7.06. The molecular weight excluding hydrogens is 241 g/mol. The quantitative estimate of drug-likeness (QED) is 0.880. The number of aryl methyl sites for hydroxylation is 1. The third-order valence-corrected chi connectivity index (χ3v) is 4.39. The molecule has 1 aromatic carbocycles. The molecular formula is C16H20FNO. The minimum absolute atomic E-state index is 0.191. The van der Waals surface area contributed by atoms with Crippen molar-refractivity contribution in [2.45, 2.75) is 38.2 Å². The second kappa shape index (κ2) is 4.97. The summed E-state index contributed by atoms with van der Waals surface area (Å²) in [5.41, 5.74) is 2.21. The van der Waals surface area contributed by atoms with Crippen molar-refractivity contribution in [3.05, 3.63) is 35.8 Å². The Morgan fingerprint density at radius 1 is 1.32 bits per heavy atom. The van der Waals surface area contributed by atoms with E-state index in [0.29, 0.717) is 5.92 Å². The minimum atomic E-state index is -0.197. The highest BCUT2D eigenvalue weighted by molar-refractivity contribution is 5.84. The Balaban J connectivity index is 1.94. The van der Waals surface area contributed by atoms with Crippen LogP contribution in [0.3, 0.4) is 0 Å². The zero-order chi connectivity index (χ0) is 13.4. The van der Waals surface area contributed by atoms with E-state index < -0.39 is 0 Å². The fourth-order valence-electron chi connectivity index (χ4n) is 3.32. The van der Waals surface area contributed by atoms with Crippen molar-refractivity contribution >= 4 is 10.9 Å². The molecule has 102 valence electrons. The molecule has 19 heavy (non-hydrogen) atoms. The summed E-state index contributed by atoms with van der Waals surface area (Å²) in [7, 11) is 1.99. The van der Waals surface area contributed by atoms with Gasteiger partial charge in [0.25, 0.3) is 0 Å². The highest BCUT2D eigenvalue weighted by atomic mass is 19.1. The van der Waals surface area contributed by atoms with E-state index in [4.69, 9.17) is 0 Å². The monoisotopic (exact) mass is 261 g/mol. The van der Waals surface area contributed by atoms with Crippen LogP contribution in [0.25, 0.3) is 10.9 Å². The third kappa shape index (κ3) is 2.39. The van der Waals surface area contributed by atoms with Gasteiger partial charge in [-0.3, -0.25) is 0 Å². The first kappa shape index (κ1) is 12.7. The maximum Gasteiger partial charge on any atom is 0.123 e. The number of hydrogen-bond acceptors (Lipinski definition) is 1. The lowest BCUT2D eigenvalue weighted by Gasteiger charge is -2.27. The second-order valence-corrected chi connectivity index (χ2v) is 5.74. The predicted molar refractivity (Wildman–Crippen MR) is 74.5 cm³/mol. The van der Waals surface area contributed by atoms with E-state index in [1.165, 1.54) is 12.5 Å². The van der Waals surface area contributed by atoms with E-state index in [2.05, 4.69) is 6.20 Å². The van der Waals surface area contributed by atoms with Gasteiger partial charge in [-0.1, -0.05) is 12.8 Å². The number of aliphatic hydroxyl groups is 1. The standard InChI is InChI=1S/C16H20FNO/c1-18-10-12(8-11-4-2-3-5-16(11)19)14-9-13(17)6-7-15(14)18/h6-7,9-11,16,19H,2-5,8H2,1H3. The first-order chi connectivity index (χ1) is 9.15. The maximum atomic E-state index is 13.4. The highest BCUT2D eigenvalue weighted by Crippen LogP contribution is 2.31. The van der Waals surface area contributed by atoms with Gasteiger partial charge in [0.05, 0.1) is 6.10 Å². The van der Waals surface area contributed by atoms with Crippen molar-refractivity contribution in [2.75, 3.05) is 0 Å². The lowest BCUT2D eigenvalue weighted by Crippen LogP contribution is -2.26. The fourth-order valence-corrected chi connectivity index (χ4v) is 3.32. The van der Waals surface area contributed by atoms with Gasteiger partial charge in [-0.25, -0.2) is 4.39 Å². The van der Waals surface area contributed by atoms with Crippen LogP contribution in [0.2, 0.25) is 0 Å². The SMILES string of the molecule is Cn1cc(CC2CCCCC2O)c2cc(F)ccc21. The molecule has 2 atom stereocenters. The van der Waals surface area contributed by atoms with Gasteiger partial charge in [-0.15, -0.1) is 0 Å². The van der Waals surface area contributed by atoms with Gasteiger partial charge in [0.1, 0.15) is 5.82 Å². The average molecular weight is 261 g/mol. The Hall–Kier alpha value is -1.35. The van der Waals surface area contributed by atoms with Crippen molar-refractivity contribution < 1.29 is 9.50 Å². The fraction of sp³-hybridized carbons (Fsp3) is 0.500. The molecule has 0 amide bonds. The summed E-state index contributed by atoms with van der Waals surface area (Å²) in [5.74, 6) is 0.131. The molecule has 1 heterocycles. The van der Waals surface area contributed by atoms with E-state index >= 15 is 0 Å². The molecule has 1 aromatic heterocycles. The van der Waals surface area contributed by atoms with E-state index in [1.54, 1.807) is 6.07 Å². The third-order valence-electron chi connectivity index (χ3n) is 4.39. The smallest absolute Gasteiger partial charge is 0.123 e. The summed E-state index contributed by atoms with van der Waals surface area (Å²) >= 11 is 0. The Morgan fingerprint density at radius 2 is 2.11 bits per heavy atom. The van der Waals surface area contributed by atoms with Gasteiger partial charge in [-0.05, 0) is 48.9 Å². The first-order valence-corrected chi connectivity index (χ1v) is 7.06. The summed E-state index contributed by atoms with van der Waals surface area (Å²) < 4.78 is 15.5. The van der Waals surface area contributed by atoms with E-state index in [-0.39, 0.29) is 11.9 Å². The number of rotatable bonds is 2. The number of aromatic nitrogens is 1. The zero-order valence-corrected chi connectivity index (χ0v) is 11.3. The molecule has 1 aliphatic carbocycles. The van der Waals surface area contributed by atoms with Crippen molar-refractivity contribution in [2.24, 2.45) is 13.0 Å². The van der Waals surface area contributed by atoms with Crippen molar-refractivity contribution in [1.29, 1.82) is 0 Å². The van der Waals surface area contributed by atoms with Crippen LogP contribution in [0.4, 0.5) is 4.39 Å². The highest BCUT2D eigenvalue weighted by Gasteiger charge is 2.24. The molecule has 1 aliphatic rings. The summed E-state index contributed by atoms with van der Waals surface area (Å²) in [4.78, 5) is 0. The molecule has 1 N–H and O–H groups in total. The van der Waals surface area contributed by atoms with Crippen molar-refractivity contribution in [3.63, 3.8) is 0 Å². The minimum Gasteiger partial charge on any atom is -0.393 e. The van der Waals surface area contributed by atoms with Gasteiger partial charge in [0, 0.05) is 24.1 Å². The number of hydrogen-bond donors (Lipinski definition) is 1. The van der Waals surface area contributed by atoms with E-state index in [0.717, 1.165) is 42.1 Å². The molecule has 3 rings (SSSR count). The van der Waals surface area contributed by atoms with E-state index in [1.807, 2.05) is 17.7 Å². The molecule has 0 bridgehead atoms. The van der Waals surface area contributed by atoms with Crippen LogP contribution in [-0.4, -0.2) is 15.8 Å². The van der Waals surface area contributed by atoms with Crippen LogP contribution in [0, 0.1) is 11.7 Å². The van der Waals surface area contributed by atoms with Crippen LogP contribution in [0.1, 0.15) is 31.2 Å².